The van der Waals surface area contributed by atoms with E-state index >= 15 is 0 Å². The van der Waals surface area contributed by atoms with Crippen molar-refractivity contribution in [1.82, 2.24) is 4.57 Å². The van der Waals surface area contributed by atoms with Gasteiger partial charge in [-0.25, -0.2) is 0 Å². The lowest BCUT2D eigenvalue weighted by Crippen LogP contribution is -1.92. The molecule has 0 saturated carbocycles. The van der Waals surface area contributed by atoms with Gasteiger partial charge in [-0.05, 0) is 18.9 Å². The molecule has 1 heterocycles. The van der Waals surface area contributed by atoms with Crippen molar-refractivity contribution in [3.05, 3.63) is 34.5 Å². The van der Waals surface area contributed by atoms with Crippen molar-refractivity contribution in [2.75, 3.05) is 0 Å². The van der Waals surface area contributed by atoms with Crippen LogP contribution in [0.3, 0.4) is 0 Å². The van der Waals surface area contributed by atoms with Crippen LogP contribution in [-0.2, 0) is 13.5 Å². The minimum absolute atomic E-state index is 0.539. The van der Waals surface area contributed by atoms with E-state index in [0.29, 0.717) is 5.15 Å². The third kappa shape index (κ3) is 1.53. The number of benzene rings is 1. The fraction of sp³-hybridized carbons (Fsp3) is 0.385. The van der Waals surface area contributed by atoms with Crippen LogP contribution in [0.1, 0.15) is 31.1 Å². The molecule has 86 valence electrons. The summed E-state index contributed by atoms with van der Waals surface area (Å²) in [6.45, 7) is 3.87. The van der Waals surface area contributed by atoms with E-state index in [-0.39, 0.29) is 0 Å². The Kier molecular flexibility index (Phi) is 2.96. The molecule has 0 saturated heterocycles. The maximum Gasteiger partial charge on any atom is 0.115 e. The van der Waals surface area contributed by atoms with E-state index in [2.05, 4.69) is 13.0 Å². The molecule has 1 N–H and O–H groups in total. The Morgan fingerprint density at radius 2 is 2.12 bits per heavy atom. The van der Waals surface area contributed by atoms with Crippen molar-refractivity contribution in [2.24, 2.45) is 7.05 Å². The Bertz CT molecular complexity index is 528. The first-order valence-corrected chi connectivity index (χ1v) is 5.89. The van der Waals surface area contributed by atoms with E-state index in [1.54, 1.807) is 6.92 Å². The lowest BCUT2D eigenvalue weighted by Gasteiger charge is -2.03. The zero-order valence-electron chi connectivity index (χ0n) is 9.79. The summed E-state index contributed by atoms with van der Waals surface area (Å²) in [5.41, 5.74) is 3.22. The highest BCUT2D eigenvalue weighted by molar-refractivity contribution is 6.32. The number of fused-ring (bicyclic) bond motifs is 1. The monoisotopic (exact) mass is 237 g/mol. The molecule has 1 aromatic carbocycles. The second-order valence-corrected chi connectivity index (χ2v) is 4.46. The number of hydrogen-bond donors (Lipinski definition) is 1. The van der Waals surface area contributed by atoms with Gasteiger partial charge < -0.3 is 9.67 Å². The normalized spacial score (nSPS) is 13.3. The summed E-state index contributed by atoms with van der Waals surface area (Å²) in [5, 5.41) is 11.5. The van der Waals surface area contributed by atoms with Crippen molar-refractivity contribution in [1.29, 1.82) is 0 Å². The van der Waals surface area contributed by atoms with Gasteiger partial charge in [-0.15, -0.1) is 0 Å². The number of aliphatic hydroxyl groups excluding tert-OH is 1. The highest BCUT2D eigenvalue weighted by Crippen LogP contribution is 2.35. The molecule has 2 nitrogen and oxygen atoms in total. The molecule has 0 bridgehead atoms. The standard InChI is InChI=1S/C13H16ClNO/c1-4-9-6-5-7-10-11(8(2)16)13(14)15(3)12(9)10/h5-8,16H,4H2,1-3H3. The molecular weight excluding hydrogens is 222 g/mol. The summed E-state index contributed by atoms with van der Waals surface area (Å²) >= 11 is 6.26. The van der Waals surface area contributed by atoms with Gasteiger partial charge >= 0.3 is 0 Å². The van der Waals surface area contributed by atoms with Gasteiger partial charge in [-0.3, -0.25) is 0 Å². The molecular formula is C13H16ClNO. The quantitative estimate of drug-likeness (QED) is 0.851. The summed E-state index contributed by atoms with van der Waals surface area (Å²) in [4.78, 5) is 0. The van der Waals surface area contributed by atoms with Crippen molar-refractivity contribution in [3.8, 4) is 0 Å². The number of aliphatic hydroxyl groups is 1. The van der Waals surface area contributed by atoms with Crippen LogP contribution in [0, 0.1) is 0 Å². The molecule has 3 heteroatoms. The molecule has 0 spiro atoms. The predicted molar refractivity (Wildman–Crippen MR) is 67.9 cm³/mol. The summed E-state index contributed by atoms with van der Waals surface area (Å²) in [6, 6.07) is 6.14. The fourth-order valence-electron chi connectivity index (χ4n) is 2.28. The van der Waals surface area contributed by atoms with Crippen LogP contribution in [0.5, 0.6) is 0 Å². The largest absolute Gasteiger partial charge is 0.389 e. The zero-order valence-corrected chi connectivity index (χ0v) is 10.5. The third-order valence-electron chi connectivity index (χ3n) is 3.06. The fourth-order valence-corrected chi connectivity index (χ4v) is 2.62. The van der Waals surface area contributed by atoms with Gasteiger partial charge in [0.25, 0.3) is 0 Å². The topological polar surface area (TPSA) is 25.2 Å². The average molecular weight is 238 g/mol. The van der Waals surface area contributed by atoms with Gasteiger partial charge in [0.05, 0.1) is 11.6 Å². The van der Waals surface area contributed by atoms with E-state index < -0.39 is 6.10 Å². The van der Waals surface area contributed by atoms with E-state index in [4.69, 9.17) is 11.6 Å². The van der Waals surface area contributed by atoms with Gasteiger partial charge in [0.15, 0.2) is 0 Å². The van der Waals surface area contributed by atoms with Gasteiger partial charge in [0, 0.05) is 18.0 Å². The molecule has 0 radical (unpaired) electrons. The maximum absolute atomic E-state index is 9.78. The molecule has 1 unspecified atom stereocenters. The molecule has 0 aliphatic heterocycles. The summed E-state index contributed by atoms with van der Waals surface area (Å²) < 4.78 is 1.96. The molecule has 0 amide bonds. The highest BCUT2D eigenvalue weighted by atomic mass is 35.5. The van der Waals surface area contributed by atoms with Gasteiger partial charge in [-0.1, -0.05) is 36.7 Å². The van der Waals surface area contributed by atoms with Crippen LogP contribution in [0.2, 0.25) is 5.15 Å². The Hall–Kier alpha value is -0.990. The first-order chi connectivity index (χ1) is 7.57. The number of rotatable bonds is 2. The van der Waals surface area contributed by atoms with E-state index in [1.165, 1.54) is 5.56 Å². The number of nitrogens with zero attached hydrogens (tertiary/aromatic N) is 1. The Labute approximate surface area is 100 Å². The third-order valence-corrected chi connectivity index (χ3v) is 3.52. The van der Waals surface area contributed by atoms with Crippen LogP contribution >= 0.6 is 11.6 Å². The van der Waals surface area contributed by atoms with Crippen LogP contribution in [-0.4, -0.2) is 9.67 Å². The van der Waals surface area contributed by atoms with Gasteiger partial charge in [-0.2, -0.15) is 0 Å². The van der Waals surface area contributed by atoms with Crippen molar-refractivity contribution in [2.45, 2.75) is 26.4 Å². The molecule has 2 rings (SSSR count). The molecule has 0 aliphatic rings. The first kappa shape index (κ1) is 11.5. The van der Waals surface area contributed by atoms with Crippen molar-refractivity contribution in [3.63, 3.8) is 0 Å². The highest BCUT2D eigenvalue weighted by Gasteiger charge is 2.18. The number of aromatic nitrogens is 1. The number of aryl methyl sites for hydroxylation is 2. The molecule has 1 aromatic heterocycles. The maximum atomic E-state index is 9.78. The van der Waals surface area contributed by atoms with E-state index in [0.717, 1.165) is 22.9 Å². The summed E-state index contributed by atoms with van der Waals surface area (Å²) in [7, 11) is 1.94. The molecule has 1 atom stereocenters. The van der Waals surface area contributed by atoms with Gasteiger partial charge in [0.1, 0.15) is 5.15 Å². The van der Waals surface area contributed by atoms with Crippen molar-refractivity contribution < 1.29 is 5.11 Å². The Balaban J connectivity index is 2.89. The second-order valence-electron chi connectivity index (χ2n) is 4.11. The van der Waals surface area contributed by atoms with Crippen LogP contribution < -0.4 is 0 Å². The second kappa shape index (κ2) is 4.11. The first-order valence-electron chi connectivity index (χ1n) is 5.51. The molecule has 16 heavy (non-hydrogen) atoms. The zero-order chi connectivity index (χ0) is 11.9. The Morgan fingerprint density at radius 3 is 2.69 bits per heavy atom. The van der Waals surface area contributed by atoms with Crippen LogP contribution in [0.4, 0.5) is 0 Å². The van der Waals surface area contributed by atoms with Crippen LogP contribution in [0.25, 0.3) is 10.9 Å². The van der Waals surface area contributed by atoms with E-state index in [9.17, 15) is 5.11 Å². The molecule has 0 fully saturated rings. The minimum Gasteiger partial charge on any atom is -0.389 e. The average Bonchev–Trinajstić information content (AvgIpc) is 2.51. The van der Waals surface area contributed by atoms with E-state index in [1.807, 2.05) is 23.7 Å². The lowest BCUT2D eigenvalue weighted by molar-refractivity contribution is 0.201. The molecule has 0 aliphatic carbocycles. The predicted octanol–water partition coefficient (Wildman–Crippen LogP) is 3.45. The number of hydrogen-bond acceptors (Lipinski definition) is 1. The summed E-state index contributed by atoms with van der Waals surface area (Å²) in [6.07, 6.45) is 0.424. The van der Waals surface area contributed by atoms with Crippen molar-refractivity contribution >= 4 is 22.5 Å². The van der Waals surface area contributed by atoms with Gasteiger partial charge in [0.2, 0.25) is 0 Å². The van der Waals surface area contributed by atoms with Crippen LogP contribution in [0.15, 0.2) is 18.2 Å². The lowest BCUT2D eigenvalue weighted by atomic mass is 10.0. The SMILES string of the molecule is CCc1cccc2c(C(C)O)c(Cl)n(C)c12. The smallest absolute Gasteiger partial charge is 0.115 e. The Morgan fingerprint density at radius 1 is 1.44 bits per heavy atom. The minimum atomic E-state index is -0.539. The number of para-hydroxylation sites is 1. The summed E-state index contributed by atoms with van der Waals surface area (Å²) in [5.74, 6) is 0. The molecule has 2 aromatic rings. The number of halogens is 1.